The van der Waals surface area contributed by atoms with Crippen LogP contribution in [0.3, 0.4) is 0 Å². The zero-order valence-corrected chi connectivity index (χ0v) is 16.8. The number of hydrogen-bond donors (Lipinski definition) is 1. The first-order chi connectivity index (χ1) is 14.6. The lowest BCUT2D eigenvalue weighted by molar-refractivity contribution is -0.123. The molecule has 0 saturated carbocycles. The molecule has 0 aliphatic heterocycles. The van der Waals surface area contributed by atoms with E-state index in [0.29, 0.717) is 29.5 Å². The molecule has 0 aliphatic rings. The molecule has 0 saturated heterocycles. The minimum atomic E-state index is -1.02. The van der Waals surface area contributed by atoms with E-state index >= 15 is 0 Å². The van der Waals surface area contributed by atoms with Crippen LogP contribution in [0.15, 0.2) is 78.9 Å². The van der Waals surface area contributed by atoms with Crippen molar-refractivity contribution in [2.75, 3.05) is 11.9 Å². The number of esters is 1. The number of carbonyl (C=O) groups excluding carboxylic acids is 2. The second-order valence-electron chi connectivity index (χ2n) is 6.38. The van der Waals surface area contributed by atoms with Gasteiger partial charge in [0.05, 0.1) is 12.3 Å². The Kier molecular flexibility index (Phi) is 7.05. The van der Waals surface area contributed by atoms with Gasteiger partial charge in [-0.25, -0.2) is 4.79 Å². The van der Waals surface area contributed by atoms with Crippen molar-refractivity contribution in [3.05, 3.63) is 84.4 Å². The van der Waals surface area contributed by atoms with Gasteiger partial charge in [-0.05, 0) is 50.2 Å². The summed E-state index contributed by atoms with van der Waals surface area (Å²) < 4.78 is 16.7. The lowest BCUT2D eigenvalue weighted by atomic mass is 10.2. The third-order valence-corrected chi connectivity index (χ3v) is 4.18. The fourth-order valence-corrected chi connectivity index (χ4v) is 2.70. The highest BCUT2D eigenvalue weighted by Crippen LogP contribution is 2.27. The van der Waals surface area contributed by atoms with Crippen LogP contribution in [0.5, 0.6) is 17.2 Å². The topological polar surface area (TPSA) is 73.9 Å². The number of carbonyl (C=O) groups is 2. The summed E-state index contributed by atoms with van der Waals surface area (Å²) in [7, 11) is 0. The number of rotatable bonds is 8. The zero-order chi connectivity index (χ0) is 21.3. The highest BCUT2D eigenvalue weighted by Gasteiger charge is 2.22. The van der Waals surface area contributed by atoms with Crippen LogP contribution in [0.2, 0.25) is 0 Å². The summed E-state index contributed by atoms with van der Waals surface area (Å²) in [6, 6.07) is 22.9. The molecule has 0 aliphatic carbocycles. The van der Waals surface area contributed by atoms with Crippen LogP contribution in [0, 0.1) is 0 Å². The average molecular weight is 405 g/mol. The van der Waals surface area contributed by atoms with Crippen molar-refractivity contribution in [3.8, 4) is 17.2 Å². The number of amides is 1. The highest BCUT2D eigenvalue weighted by atomic mass is 16.5. The molecular formula is C24H23NO5. The number of hydrogen-bond acceptors (Lipinski definition) is 5. The van der Waals surface area contributed by atoms with Gasteiger partial charge in [-0.1, -0.05) is 42.5 Å². The third kappa shape index (κ3) is 5.38. The van der Waals surface area contributed by atoms with Gasteiger partial charge in [0.2, 0.25) is 0 Å². The minimum Gasteiger partial charge on any atom is -0.492 e. The fourth-order valence-electron chi connectivity index (χ4n) is 2.70. The molecule has 0 radical (unpaired) electrons. The van der Waals surface area contributed by atoms with Gasteiger partial charge < -0.3 is 19.5 Å². The first-order valence-electron chi connectivity index (χ1n) is 9.64. The summed E-state index contributed by atoms with van der Waals surface area (Å²) in [6.07, 6.45) is -1.02. The quantitative estimate of drug-likeness (QED) is 0.530. The molecule has 0 heterocycles. The standard InChI is InChI=1S/C24H23NO5/c1-3-28-22-16-10-8-14-20(22)25-23(26)17(2)29-24(27)19-13-7-9-15-21(19)30-18-11-5-4-6-12-18/h4-17H,3H2,1-2H3,(H,25,26). The van der Waals surface area contributed by atoms with Crippen molar-refractivity contribution in [3.63, 3.8) is 0 Å². The molecule has 1 unspecified atom stereocenters. The summed E-state index contributed by atoms with van der Waals surface area (Å²) in [4.78, 5) is 25.2. The van der Waals surface area contributed by atoms with Crippen LogP contribution in [0.1, 0.15) is 24.2 Å². The molecule has 3 rings (SSSR count). The summed E-state index contributed by atoms with van der Waals surface area (Å²) >= 11 is 0. The van der Waals surface area contributed by atoms with E-state index < -0.39 is 18.0 Å². The Morgan fingerprint density at radius 1 is 0.867 bits per heavy atom. The molecule has 0 aromatic heterocycles. The molecule has 1 atom stereocenters. The van der Waals surface area contributed by atoms with Gasteiger partial charge in [0, 0.05) is 0 Å². The van der Waals surface area contributed by atoms with E-state index in [1.165, 1.54) is 6.92 Å². The van der Waals surface area contributed by atoms with Crippen molar-refractivity contribution >= 4 is 17.6 Å². The van der Waals surface area contributed by atoms with Crippen LogP contribution < -0.4 is 14.8 Å². The summed E-state index contributed by atoms with van der Waals surface area (Å²) in [6.45, 7) is 3.84. The smallest absolute Gasteiger partial charge is 0.342 e. The van der Waals surface area contributed by atoms with Crippen LogP contribution >= 0.6 is 0 Å². The predicted molar refractivity (Wildman–Crippen MR) is 114 cm³/mol. The molecule has 0 bridgehead atoms. The van der Waals surface area contributed by atoms with Crippen molar-refractivity contribution in [1.29, 1.82) is 0 Å². The molecule has 30 heavy (non-hydrogen) atoms. The number of para-hydroxylation sites is 4. The number of ether oxygens (including phenoxy) is 3. The number of benzene rings is 3. The van der Waals surface area contributed by atoms with Gasteiger partial charge in [0.25, 0.3) is 5.91 Å². The summed E-state index contributed by atoms with van der Waals surface area (Å²) in [5.41, 5.74) is 0.746. The van der Waals surface area contributed by atoms with Crippen LogP contribution in [-0.4, -0.2) is 24.6 Å². The normalized spacial score (nSPS) is 11.3. The maximum absolute atomic E-state index is 12.7. The van der Waals surface area contributed by atoms with E-state index in [1.54, 1.807) is 54.6 Å². The third-order valence-electron chi connectivity index (χ3n) is 4.18. The summed E-state index contributed by atoms with van der Waals surface area (Å²) in [5.74, 6) is 0.381. The molecule has 3 aromatic carbocycles. The molecule has 6 nitrogen and oxygen atoms in total. The largest absolute Gasteiger partial charge is 0.492 e. The van der Waals surface area contributed by atoms with E-state index in [9.17, 15) is 9.59 Å². The van der Waals surface area contributed by atoms with Gasteiger partial charge in [-0.2, -0.15) is 0 Å². The lowest BCUT2D eigenvalue weighted by Gasteiger charge is -2.16. The molecule has 3 aromatic rings. The lowest BCUT2D eigenvalue weighted by Crippen LogP contribution is -2.30. The molecule has 0 spiro atoms. The maximum Gasteiger partial charge on any atom is 0.342 e. The molecular weight excluding hydrogens is 382 g/mol. The van der Waals surface area contributed by atoms with Gasteiger partial charge in [-0.15, -0.1) is 0 Å². The molecule has 0 fully saturated rings. The molecule has 6 heteroatoms. The van der Waals surface area contributed by atoms with Crippen molar-refractivity contribution in [2.24, 2.45) is 0 Å². The van der Waals surface area contributed by atoms with Gasteiger partial charge in [0.15, 0.2) is 6.10 Å². The Balaban J connectivity index is 1.68. The summed E-state index contributed by atoms with van der Waals surface area (Å²) in [5, 5.41) is 2.73. The number of nitrogens with one attached hydrogen (secondary N) is 1. The average Bonchev–Trinajstić information content (AvgIpc) is 2.76. The minimum absolute atomic E-state index is 0.232. The Bertz CT molecular complexity index is 1000. The van der Waals surface area contributed by atoms with E-state index in [0.717, 1.165) is 0 Å². The van der Waals surface area contributed by atoms with E-state index in [4.69, 9.17) is 14.2 Å². The van der Waals surface area contributed by atoms with Gasteiger partial charge in [0.1, 0.15) is 22.8 Å². The molecule has 1 amide bonds. The molecule has 1 N–H and O–H groups in total. The second-order valence-corrected chi connectivity index (χ2v) is 6.38. The highest BCUT2D eigenvalue weighted by molar-refractivity contribution is 5.99. The maximum atomic E-state index is 12.7. The predicted octanol–water partition coefficient (Wildman–Crippen LogP) is 5.06. The van der Waals surface area contributed by atoms with E-state index in [1.807, 2.05) is 31.2 Å². The Labute approximate surface area is 175 Å². The monoisotopic (exact) mass is 405 g/mol. The van der Waals surface area contributed by atoms with Crippen LogP contribution in [0.4, 0.5) is 5.69 Å². The first kappa shape index (κ1) is 20.9. The Morgan fingerprint density at radius 3 is 2.23 bits per heavy atom. The van der Waals surface area contributed by atoms with Crippen molar-refractivity contribution in [2.45, 2.75) is 20.0 Å². The SMILES string of the molecule is CCOc1ccccc1NC(=O)C(C)OC(=O)c1ccccc1Oc1ccccc1. The van der Waals surface area contributed by atoms with Gasteiger partial charge >= 0.3 is 5.97 Å². The van der Waals surface area contributed by atoms with E-state index in [-0.39, 0.29) is 5.56 Å². The van der Waals surface area contributed by atoms with Crippen molar-refractivity contribution in [1.82, 2.24) is 0 Å². The van der Waals surface area contributed by atoms with Crippen LogP contribution in [-0.2, 0) is 9.53 Å². The Morgan fingerprint density at radius 2 is 1.50 bits per heavy atom. The first-order valence-corrected chi connectivity index (χ1v) is 9.64. The fraction of sp³-hybridized carbons (Fsp3) is 0.167. The van der Waals surface area contributed by atoms with Crippen LogP contribution in [0.25, 0.3) is 0 Å². The van der Waals surface area contributed by atoms with E-state index in [2.05, 4.69) is 5.32 Å². The van der Waals surface area contributed by atoms with Gasteiger partial charge in [-0.3, -0.25) is 4.79 Å². The second kappa shape index (κ2) is 10.1. The number of anilines is 1. The van der Waals surface area contributed by atoms with Crippen molar-refractivity contribution < 1.29 is 23.8 Å². The zero-order valence-electron chi connectivity index (χ0n) is 16.8. The molecule has 154 valence electrons. The Hall–Kier alpha value is -3.80.